The molecule has 20 heavy (non-hydrogen) atoms. The fraction of sp³-hybridized carbons (Fsp3) is 0.222. The van der Waals surface area contributed by atoms with Crippen LogP contribution >= 0.6 is 0 Å². The Balaban J connectivity index is 2.01. The molecule has 0 spiro atoms. The smallest absolute Gasteiger partial charge is 0.120 e. The maximum Gasteiger partial charge on any atom is 0.120 e. The van der Waals surface area contributed by atoms with Gasteiger partial charge in [-0.15, -0.1) is 0 Å². The summed E-state index contributed by atoms with van der Waals surface area (Å²) >= 11 is 0. The Bertz CT molecular complexity index is 606. The molecule has 0 atom stereocenters. The second kappa shape index (κ2) is 7.37. The number of aliphatic hydroxyl groups excluding tert-OH is 1. The summed E-state index contributed by atoms with van der Waals surface area (Å²) in [6.07, 6.45) is 0.506. The van der Waals surface area contributed by atoms with Gasteiger partial charge in [0.25, 0.3) is 0 Å². The summed E-state index contributed by atoms with van der Waals surface area (Å²) in [5.41, 5.74) is 3.21. The second-order valence-corrected chi connectivity index (χ2v) is 4.53. The Morgan fingerprint density at radius 1 is 1.10 bits per heavy atom. The summed E-state index contributed by atoms with van der Waals surface area (Å²) in [5.74, 6) is 6.82. The maximum absolute atomic E-state index is 8.71. The van der Waals surface area contributed by atoms with Crippen molar-refractivity contribution in [2.75, 3.05) is 6.61 Å². The Morgan fingerprint density at radius 3 is 2.60 bits per heavy atom. The quantitative estimate of drug-likeness (QED) is 0.860. The van der Waals surface area contributed by atoms with E-state index in [-0.39, 0.29) is 6.61 Å². The topological polar surface area (TPSA) is 29.5 Å². The van der Waals surface area contributed by atoms with E-state index in [2.05, 4.69) is 11.8 Å². The first-order chi connectivity index (χ1) is 9.79. The molecule has 0 aliphatic heterocycles. The first-order valence-electron chi connectivity index (χ1n) is 6.66. The third-order valence-corrected chi connectivity index (χ3v) is 2.91. The molecule has 102 valence electrons. The minimum absolute atomic E-state index is 0.102. The van der Waals surface area contributed by atoms with Crippen LogP contribution in [0.5, 0.6) is 5.75 Å². The molecule has 0 heterocycles. The molecule has 2 rings (SSSR count). The summed E-state index contributed by atoms with van der Waals surface area (Å²) in [7, 11) is 0. The van der Waals surface area contributed by atoms with Crippen molar-refractivity contribution in [1.29, 1.82) is 0 Å². The van der Waals surface area contributed by atoms with Crippen molar-refractivity contribution in [1.82, 2.24) is 0 Å². The van der Waals surface area contributed by atoms with E-state index in [1.54, 1.807) is 0 Å². The van der Waals surface area contributed by atoms with Crippen molar-refractivity contribution in [3.63, 3.8) is 0 Å². The molecule has 0 amide bonds. The van der Waals surface area contributed by atoms with Gasteiger partial charge < -0.3 is 9.84 Å². The maximum atomic E-state index is 8.71. The van der Waals surface area contributed by atoms with E-state index in [4.69, 9.17) is 9.84 Å². The van der Waals surface area contributed by atoms with Crippen LogP contribution in [-0.2, 0) is 6.61 Å². The fourth-order valence-electron chi connectivity index (χ4n) is 1.82. The standard InChI is InChI=1S/C18H18O2/c1-15-13-18(11-10-17(15)9-5-6-12-19)20-14-16-7-3-2-4-8-16/h2-4,7-8,10-11,13,19H,6,12,14H2,1H3. The van der Waals surface area contributed by atoms with E-state index in [0.717, 1.165) is 22.4 Å². The summed E-state index contributed by atoms with van der Waals surface area (Å²) in [4.78, 5) is 0. The molecule has 0 aromatic heterocycles. The molecule has 2 heteroatoms. The van der Waals surface area contributed by atoms with E-state index >= 15 is 0 Å². The van der Waals surface area contributed by atoms with Gasteiger partial charge in [0.1, 0.15) is 12.4 Å². The first kappa shape index (κ1) is 14.2. The van der Waals surface area contributed by atoms with Crippen LogP contribution in [0.2, 0.25) is 0 Å². The molecule has 2 aromatic carbocycles. The Kier molecular flexibility index (Phi) is 5.23. The minimum Gasteiger partial charge on any atom is -0.489 e. The Labute approximate surface area is 120 Å². The molecular weight excluding hydrogens is 248 g/mol. The third kappa shape index (κ3) is 4.15. The van der Waals surface area contributed by atoms with Gasteiger partial charge in [0.15, 0.2) is 0 Å². The monoisotopic (exact) mass is 266 g/mol. The number of hydrogen-bond acceptors (Lipinski definition) is 2. The zero-order valence-corrected chi connectivity index (χ0v) is 11.6. The number of aliphatic hydroxyl groups is 1. The lowest BCUT2D eigenvalue weighted by Gasteiger charge is -2.08. The van der Waals surface area contributed by atoms with E-state index in [0.29, 0.717) is 13.0 Å². The van der Waals surface area contributed by atoms with Crippen LogP contribution in [-0.4, -0.2) is 11.7 Å². The number of benzene rings is 2. The number of hydrogen-bond donors (Lipinski definition) is 1. The molecule has 0 radical (unpaired) electrons. The third-order valence-electron chi connectivity index (χ3n) is 2.91. The molecule has 0 aliphatic carbocycles. The van der Waals surface area contributed by atoms with Crippen molar-refractivity contribution >= 4 is 0 Å². The van der Waals surface area contributed by atoms with E-state index < -0.39 is 0 Å². The van der Waals surface area contributed by atoms with Gasteiger partial charge in [0, 0.05) is 12.0 Å². The van der Waals surface area contributed by atoms with E-state index in [1.165, 1.54) is 0 Å². The van der Waals surface area contributed by atoms with Gasteiger partial charge in [-0.1, -0.05) is 42.2 Å². The number of ether oxygens (including phenoxy) is 1. The molecule has 0 bridgehead atoms. The largest absolute Gasteiger partial charge is 0.489 e. The predicted octanol–water partition coefficient (Wildman–Crippen LogP) is 3.31. The van der Waals surface area contributed by atoms with Crippen molar-refractivity contribution < 1.29 is 9.84 Å². The summed E-state index contributed by atoms with van der Waals surface area (Å²) < 4.78 is 5.77. The predicted molar refractivity (Wildman–Crippen MR) is 80.5 cm³/mol. The van der Waals surface area contributed by atoms with E-state index in [1.807, 2.05) is 55.5 Å². The Hall–Kier alpha value is -2.24. The molecular formula is C18H18O2. The highest BCUT2D eigenvalue weighted by atomic mass is 16.5. The molecule has 0 saturated heterocycles. The minimum atomic E-state index is 0.102. The van der Waals surface area contributed by atoms with Crippen molar-refractivity contribution in [3.05, 3.63) is 65.2 Å². The summed E-state index contributed by atoms with van der Waals surface area (Å²) in [6.45, 7) is 2.68. The number of rotatable bonds is 4. The summed E-state index contributed by atoms with van der Waals surface area (Å²) in [5, 5.41) is 8.71. The van der Waals surface area contributed by atoms with E-state index in [9.17, 15) is 0 Å². The molecule has 0 unspecified atom stereocenters. The average molecular weight is 266 g/mol. The van der Waals surface area contributed by atoms with Gasteiger partial charge in [-0.25, -0.2) is 0 Å². The normalized spacial score (nSPS) is 9.70. The highest BCUT2D eigenvalue weighted by Gasteiger charge is 1.99. The molecule has 0 fully saturated rings. The SMILES string of the molecule is Cc1cc(OCc2ccccc2)ccc1C#CCCO. The first-order valence-corrected chi connectivity index (χ1v) is 6.66. The molecule has 0 saturated carbocycles. The highest BCUT2D eigenvalue weighted by Crippen LogP contribution is 2.18. The second-order valence-electron chi connectivity index (χ2n) is 4.53. The zero-order valence-electron chi connectivity index (χ0n) is 11.6. The lowest BCUT2D eigenvalue weighted by Crippen LogP contribution is -1.95. The average Bonchev–Trinajstić information content (AvgIpc) is 2.48. The van der Waals surface area contributed by atoms with Crippen LogP contribution in [0.1, 0.15) is 23.1 Å². The molecule has 0 aliphatic rings. The molecule has 2 nitrogen and oxygen atoms in total. The van der Waals surface area contributed by atoms with Crippen LogP contribution in [0, 0.1) is 18.8 Å². The zero-order chi connectivity index (χ0) is 14.2. The highest BCUT2D eigenvalue weighted by molar-refractivity contribution is 5.44. The van der Waals surface area contributed by atoms with Crippen LogP contribution in [0.25, 0.3) is 0 Å². The van der Waals surface area contributed by atoms with Crippen molar-refractivity contribution in [2.45, 2.75) is 20.0 Å². The molecule has 1 N–H and O–H groups in total. The van der Waals surface area contributed by atoms with Crippen LogP contribution in [0.15, 0.2) is 48.5 Å². The van der Waals surface area contributed by atoms with Crippen LogP contribution in [0.4, 0.5) is 0 Å². The Morgan fingerprint density at radius 2 is 1.90 bits per heavy atom. The van der Waals surface area contributed by atoms with Gasteiger partial charge in [-0.3, -0.25) is 0 Å². The van der Waals surface area contributed by atoms with Gasteiger partial charge >= 0.3 is 0 Å². The number of aryl methyl sites for hydroxylation is 1. The van der Waals surface area contributed by atoms with Crippen LogP contribution in [0.3, 0.4) is 0 Å². The van der Waals surface area contributed by atoms with Gasteiger partial charge in [0.05, 0.1) is 6.61 Å². The molecule has 2 aromatic rings. The lowest BCUT2D eigenvalue weighted by atomic mass is 10.1. The van der Waals surface area contributed by atoms with Gasteiger partial charge in [-0.05, 0) is 36.2 Å². The van der Waals surface area contributed by atoms with Gasteiger partial charge in [0.2, 0.25) is 0 Å². The summed E-state index contributed by atoms with van der Waals surface area (Å²) in [6, 6.07) is 16.0. The van der Waals surface area contributed by atoms with Gasteiger partial charge in [-0.2, -0.15) is 0 Å². The lowest BCUT2D eigenvalue weighted by molar-refractivity contribution is 0.305. The van der Waals surface area contributed by atoms with Crippen LogP contribution < -0.4 is 4.74 Å². The van der Waals surface area contributed by atoms with Crippen molar-refractivity contribution in [3.8, 4) is 17.6 Å². The van der Waals surface area contributed by atoms with Crippen molar-refractivity contribution in [2.24, 2.45) is 0 Å². The fourth-order valence-corrected chi connectivity index (χ4v) is 1.82.